The highest BCUT2D eigenvalue weighted by molar-refractivity contribution is 5.31. The molecule has 1 aromatic carbocycles. The number of benzene rings is 1. The lowest BCUT2D eigenvalue weighted by Gasteiger charge is -2.43. The van der Waals surface area contributed by atoms with E-state index in [4.69, 9.17) is 10.5 Å². The van der Waals surface area contributed by atoms with Crippen LogP contribution in [0, 0.1) is 17.2 Å². The minimum absolute atomic E-state index is 0.194. The number of methoxy groups -OCH3 is 1. The van der Waals surface area contributed by atoms with Crippen LogP contribution in [0.25, 0.3) is 0 Å². The van der Waals surface area contributed by atoms with E-state index in [0.717, 1.165) is 19.3 Å². The average Bonchev–Trinajstić information content (AvgIpc) is 2.46. The predicted molar refractivity (Wildman–Crippen MR) is 77.0 cm³/mol. The summed E-state index contributed by atoms with van der Waals surface area (Å²) in [4.78, 5) is 0. The number of ether oxygens (including phenoxy) is 1. The first kappa shape index (κ1) is 15.3. The van der Waals surface area contributed by atoms with Gasteiger partial charge in [0.2, 0.25) is 0 Å². The summed E-state index contributed by atoms with van der Waals surface area (Å²) in [6.45, 7) is 2.61. The molecule has 0 aromatic heterocycles. The van der Waals surface area contributed by atoms with Gasteiger partial charge in [0.1, 0.15) is 0 Å². The van der Waals surface area contributed by atoms with Crippen molar-refractivity contribution in [2.24, 2.45) is 17.1 Å². The second kappa shape index (κ2) is 6.10. The molecule has 0 bridgehead atoms. The third-order valence-corrected chi connectivity index (χ3v) is 4.60. The fraction of sp³-hybridized carbons (Fsp3) is 0.625. The number of aliphatic hydroxyl groups is 1. The Hall–Kier alpha value is -1.13. The Kier molecular flexibility index (Phi) is 4.66. The van der Waals surface area contributed by atoms with E-state index in [1.807, 2.05) is 0 Å². The summed E-state index contributed by atoms with van der Waals surface area (Å²) in [5, 5.41) is 10.7. The van der Waals surface area contributed by atoms with E-state index in [9.17, 15) is 9.50 Å². The summed E-state index contributed by atoms with van der Waals surface area (Å²) in [5.74, 6) is 0.296. The number of rotatable bonds is 4. The maximum Gasteiger partial charge on any atom is 0.165 e. The van der Waals surface area contributed by atoms with Crippen molar-refractivity contribution in [1.82, 2.24) is 0 Å². The van der Waals surface area contributed by atoms with Gasteiger partial charge in [-0.25, -0.2) is 4.39 Å². The summed E-state index contributed by atoms with van der Waals surface area (Å²) in [7, 11) is 1.43. The second-order valence-corrected chi connectivity index (χ2v) is 6.06. The van der Waals surface area contributed by atoms with Gasteiger partial charge in [0.15, 0.2) is 11.6 Å². The maximum absolute atomic E-state index is 13.8. The fourth-order valence-corrected chi connectivity index (χ4v) is 3.45. The molecule has 1 saturated carbocycles. The van der Waals surface area contributed by atoms with Gasteiger partial charge in [0.25, 0.3) is 0 Å². The highest BCUT2D eigenvalue weighted by Gasteiger charge is 2.40. The van der Waals surface area contributed by atoms with Gasteiger partial charge in [0.05, 0.1) is 13.2 Å². The molecule has 1 aromatic rings. The van der Waals surface area contributed by atoms with Crippen LogP contribution in [0.5, 0.6) is 5.75 Å². The minimum atomic E-state index is -0.726. The largest absolute Gasteiger partial charge is 0.494 e. The molecule has 20 heavy (non-hydrogen) atoms. The minimum Gasteiger partial charge on any atom is -0.494 e. The van der Waals surface area contributed by atoms with Crippen LogP contribution in [0.3, 0.4) is 0 Å². The molecule has 0 saturated heterocycles. The second-order valence-electron chi connectivity index (χ2n) is 6.06. The van der Waals surface area contributed by atoms with Crippen LogP contribution in [0.4, 0.5) is 4.39 Å². The molecule has 0 amide bonds. The maximum atomic E-state index is 13.8. The van der Waals surface area contributed by atoms with Crippen LogP contribution >= 0.6 is 0 Å². The summed E-state index contributed by atoms with van der Waals surface area (Å²) in [6, 6.07) is 4.65. The zero-order valence-electron chi connectivity index (χ0n) is 12.2. The molecule has 4 heteroatoms. The monoisotopic (exact) mass is 281 g/mol. The first-order valence-corrected chi connectivity index (χ1v) is 7.24. The van der Waals surface area contributed by atoms with E-state index >= 15 is 0 Å². The highest BCUT2D eigenvalue weighted by Crippen LogP contribution is 2.47. The summed E-state index contributed by atoms with van der Waals surface area (Å²) in [5.41, 5.74) is 6.21. The van der Waals surface area contributed by atoms with Gasteiger partial charge in [-0.2, -0.15) is 0 Å². The van der Waals surface area contributed by atoms with Gasteiger partial charge in [-0.05, 0) is 36.5 Å². The van der Waals surface area contributed by atoms with Gasteiger partial charge in [-0.1, -0.05) is 25.8 Å². The summed E-state index contributed by atoms with van der Waals surface area (Å²) >= 11 is 0. The molecule has 1 aliphatic rings. The zero-order valence-corrected chi connectivity index (χ0v) is 12.2. The van der Waals surface area contributed by atoms with Crippen molar-refractivity contribution in [1.29, 1.82) is 0 Å². The zero-order chi connectivity index (χ0) is 14.8. The van der Waals surface area contributed by atoms with E-state index in [0.29, 0.717) is 18.0 Å². The van der Waals surface area contributed by atoms with E-state index in [1.54, 1.807) is 12.1 Å². The van der Waals surface area contributed by atoms with Crippen molar-refractivity contribution in [2.75, 3.05) is 13.7 Å². The number of halogens is 1. The molecule has 0 spiro atoms. The van der Waals surface area contributed by atoms with Gasteiger partial charge in [0, 0.05) is 12.0 Å². The van der Waals surface area contributed by atoms with Crippen LogP contribution in [-0.2, 0) is 0 Å². The predicted octanol–water partition coefficient (Wildman–Crippen LogP) is 3.02. The Morgan fingerprint density at radius 2 is 2.30 bits per heavy atom. The van der Waals surface area contributed by atoms with Crippen molar-refractivity contribution in [2.45, 2.75) is 38.7 Å². The van der Waals surface area contributed by atoms with Crippen molar-refractivity contribution >= 4 is 0 Å². The number of hydrogen-bond acceptors (Lipinski definition) is 3. The lowest BCUT2D eigenvalue weighted by molar-refractivity contribution is -0.0132. The molecule has 0 heterocycles. The molecule has 3 unspecified atom stereocenters. The lowest BCUT2D eigenvalue weighted by atomic mass is 9.65. The van der Waals surface area contributed by atoms with Crippen LogP contribution in [0.1, 0.15) is 44.3 Å². The molecule has 0 radical (unpaired) electrons. The molecule has 3 nitrogen and oxygen atoms in total. The standard InChI is InChI=1S/C16H24FNO2/c1-11-4-3-7-16(9-11,10-18)15(19)12-5-6-14(20-2)13(17)8-12/h5-6,8,11,15,19H,3-4,7,9-10,18H2,1-2H3. The average molecular weight is 281 g/mol. The Morgan fingerprint density at radius 3 is 2.85 bits per heavy atom. The fourth-order valence-electron chi connectivity index (χ4n) is 3.45. The molecule has 0 aliphatic heterocycles. The Morgan fingerprint density at radius 1 is 1.55 bits per heavy atom. The van der Waals surface area contributed by atoms with E-state index < -0.39 is 11.9 Å². The highest BCUT2D eigenvalue weighted by atomic mass is 19.1. The van der Waals surface area contributed by atoms with Crippen LogP contribution < -0.4 is 10.5 Å². The molecule has 1 fully saturated rings. The van der Waals surface area contributed by atoms with Gasteiger partial charge < -0.3 is 15.6 Å². The lowest BCUT2D eigenvalue weighted by Crippen LogP contribution is -2.40. The normalized spacial score (nSPS) is 28.1. The molecule has 3 N–H and O–H groups in total. The molecule has 3 atom stereocenters. The number of hydrogen-bond donors (Lipinski definition) is 2. The summed E-state index contributed by atoms with van der Waals surface area (Å²) in [6.07, 6.45) is 3.29. The molecule has 112 valence electrons. The van der Waals surface area contributed by atoms with E-state index in [-0.39, 0.29) is 11.2 Å². The van der Waals surface area contributed by atoms with Crippen molar-refractivity contribution in [3.63, 3.8) is 0 Å². The van der Waals surface area contributed by atoms with Gasteiger partial charge in [-0.3, -0.25) is 0 Å². The number of nitrogens with two attached hydrogens (primary N) is 1. The third-order valence-electron chi connectivity index (χ3n) is 4.60. The van der Waals surface area contributed by atoms with Crippen molar-refractivity contribution in [3.8, 4) is 5.75 Å². The quantitative estimate of drug-likeness (QED) is 0.892. The van der Waals surface area contributed by atoms with E-state index in [2.05, 4.69) is 6.92 Å². The first-order valence-electron chi connectivity index (χ1n) is 7.24. The van der Waals surface area contributed by atoms with Gasteiger partial charge in [-0.15, -0.1) is 0 Å². The smallest absolute Gasteiger partial charge is 0.165 e. The first-order chi connectivity index (χ1) is 9.52. The van der Waals surface area contributed by atoms with Crippen molar-refractivity contribution < 1.29 is 14.2 Å². The molecule has 2 rings (SSSR count). The van der Waals surface area contributed by atoms with Crippen LogP contribution in [0.15, 0.2) is 18.2 Å². The Bertz CT molecular complexity index is 466. The topological polar surface area (TPSA) is 55.5 Å². The van der Waals surface area contributed by atoms with Gasteiger partial charge >= 0.3 is 0 Å². The van der Waals surface area contributed by atoms with Crippen LogP contribution in [0.2, 0.25) is 0 Å². The SMILES string of the molecule is COc1ccc(C(O)C2(CN)CCCC(C)C2)cc1F. The van der Waals surface area contributed by atoms with Crippen LogP contribution in [-0.4, -0.2) is 18.8 Å². The Balaban J connectivity index is 2.28. The number of aliphatic hydroxyl groups excluding tert-OH is 1. The van der Waals surface area contributed by atoms with Crippen molar-refractivity contribution in [3.05, 3.63) is 29.6 Å². The van der Waals surface area contributed by atoms with E-state index in [1.165, 1.54) is 19.6 Å². The molecular formula is C16H24FNO2. The Labute approximate surface area is 119 Å². The molecular weight excluding hydrogens is 257 g/mol. The third kappa shape index (κ3) is 2.81. The molecule has 1 aliphatic carbocycles. The summed E-state index contributed by atoms with van der Waals surface area (Å²) < 4.78 is 18.7.